The van der Waals surface area contributed by atoms with Crippen molar-refractivity contribution in [3.63, 3.8) is 0 Å². The molecule has 1 aliphatic heterocycles. The molecule has 30 heavy (non-hydrogen) atoms. The van der Waals surface area contributed by atoms with Crippen molar-refractivity contribution in [1.82, 2.24) is 10.1 Å². The molecule has 2 heterocycles. The first-order chi connectivity index (χ1) is 14.4. The van der Waals surface area contributed by atoms with E-state index in [0.29, 0.717) is 11.5 Å². The van der Waals surface area contributed by atoms with Crippen molar-refractivity contribution in [1.29, 1.82) is 0 Å². The van der Waals surface area contributed by atoms with Crippen LogP contribution in [-0.2, 0) is 12.7 Å². The molecule has 1 fully saturated rings. The van der Waals surface area contributed by atoms with E-state index in [1.165, 1.54) is 12.1 Å². The number of anilines is 2. The number of aromatic nitrogens is 2. The molecule has 1 saturated heterocycles. The number of hydrogen-bond donors (Lipinski definition) is 2. The topological polar surface area (TPSA) is 74.4 Å². The molecule has 0 atom stereocenters. The van der Waals surface area contributed by atoms with Crippen LogP contribution in [0, 0.1) is 0 Å². The maximum atomic E-state index is 12.7. The van der Waals surface area contributed by atoms with Crippen molar-refractivity contribution in [2.75, 3.05) is 23.3 Å². The van der Waals surface area contributed by atoms with Gasteiger partial charge in [0, 0.05) is 18.7 Å². The number of nitrogens with zero attached hydrogens (tertiary/aromatic N) is 3. The predicted octanol–water partition coefficient (Wildman–Crippen LogP) is 4.33. The van der Waals surface area contributed by atoms with Gasteiger partial charge in [0.2, 0.25) is 11.7 Å². The van der Waals surface area contributed by atoms with Crippen molar-refractivity contribution in [3.8, 4) is 11.4 Å². The molecule has 0 spiro atoms. The number of para-hydroxylation sites is 2. The monoisotopic (exact) mass is 418 g/mol. The Kier molecular flexibility index (Phi) is 5.63. The molecule has 3 aromatic rings. The molecule has 0 amide bonds. The lowest BCUT2D eigenvalue weighted by atomic mass is 10.1. The van der Waals surface area contributed by atoms with Crippen LogP contribution in [0.3, 0.4) is 0 Å². The van der Waals surface area contributed by atoms with Crippen molar-refractivity contribution < 1.29 is 22.8 Å². The van der Waals surface area contributed by atoms with Crippen LogP contribution in [0.25, 0.3) is 11.4 Å². The summed E-state index contributed by atoms with van der Waals surface area (Å²) >= 11 is 0. The van der Waals surface area contributed by atoms with Gasteiger partial charge in [-0.15, -0.1) is 0 Å². The number of aliphatic hydroxyl groups excluding tert-OH is 1. The third-order valence-corrected chi connectivity index (χ3v) is 5.08. The number of alkyl halides is 3. The quantitative estimate of drug-likeness (QED) is 0.643. The highest BCUT2D eigenvalue weighted by Crippen LogP contribution is 2.31. The first kappa shape index (κ1) is 20.2. The van der Waals surface area contributed by atoms with Crippen LogP contribution in [0.2, 0.25) is 0 Å². The van der Waals surface area contributed by atoms with Gasteiger partial charge in [0.1, 0.15) is 0 Å². The SMILES string of the molecule is OC1CCN(c2ccccc2NCc2nc(-c3ccc(C(F)(F)F)cc3)no2)CC1. The van der Waals surface area contributed by atoms with Crippen LogP contribution in [0.15, 0.2) is 53.1 Å². The lowest BCUT2D eigenvalue weighted by Gasteiger charge is -2.32. The van der Waals surface area contributed by atoms with Gasteiger partial charge in [0.25, 0.3) is 0 Å². The fraction of sp³-hybridized carbons (Fsp3) is 0.333. The molecule has 0 radical (unpaired) electrons. The first-order valence-corrected chi connectivity index (χ1v) is 9.66. The summed E-state index contributed by atoms with van der Waals surface area (Å²) in [7, 11) is 0. The van der Waals surface area contributed by atoms with Crippen molar-refractivity contribution in [3.05, 3.63) is 60.0 Å². The van der Waals surface area contributed by atoms with Gasteiger partial charge >= 0.3 is 6.18 Å². The molecule has 4 rings (SSSR count). The van der Waals surface area contributed by atoms with E-state index in [-0.39, 0.29) is 18.5 Å². The normalized spacial score (nSPS) is 15.4. The summed E-state index contributed by atoms with van der Waals surface area (Å²) in [6, 6.07) is 12.5. The zero-order valence-electron chi connectivity index (χ0n) is 16.1. The van der Waals surface area contributed by atoms with Crippen LogP contribution < -0.4 is 10.2 Å². The summed E-state index contributed by atoms with van der Waals surface area (Å²) in [5, 5.41) is 16.9. The molecule has 9 heteroatoms. The van der Waals surface area contributed by atoms with Gasteiger partial charge < -0.3 is 19.8 Å². The van der Waals surface area contributed by atoms with E-state index >= 15 is 0 Å². The van der Waals surface area contributed by atoms with Crippen molar-refractivity contribution in [2.45, 2.75) is 31.7 Å². The Morgan fingerprint density at radius 1 is 1.07 bits per heavy atom. The second-order valence-electron chi connectivity index (χ2n) is 7.18. The fourth-order valence-corrected chi connectivity index (χ4v) is 3.43. The van der Waals surface area contributed by atoms with Crippen LogP contribution in [0.1, 0.15) is 24.3 Å². The highest BCUT2D eigenvalue weighted by Gasteiger charge is 2.30. The molecule has 0 unspecified atom stereocenters. The number of rotatable bonds is 5. The van der Waals surface area contributed by atoms with Crippen LogP contribution in [0.5, 0.6) is 0 Å². The number of halogens is 3. The molecule has 6 nitrogen and oxygen atoms in total. The van der Waals surface area contributed by atoms with E-state index in [9.17, 15) is 18.3 Å². The molecule has 1 aliphatic rings. The zero-order valence-corrected chi connectivity index (χ0v) is 16.1. The Morgan fingerprint density at radius 2 is 1.77 bits per heavy atom. The first-order valence-electron chi connectivity index (χ1n) is 9.66. The van der Waals surface area contributed by atoms with Crippen LogP contribution >= 0.6 is 0 Å². The maximum Gasteiger partial charge on any atom is 0.416 e. The summed E-state index contributed by atoms with van der Waals surface area (Å²) in [6.45, 7) is 1.83. The third kappa shape index (κ3) is 4.56. The Hall–Kier alpha value is -3.07. The molecule has 1 aromatic heterocycles. The second-order valence-corrected chi connectivity index (χ2v) is 7.18. The van der Waals surface area contributed by atoms with Gasteiger partial charge in [0.15, 0.2) is 0 Å². The number of hydrogen-bond acceptors (Lipinski definition) is 6. The van der Waals surface area contributed by atoms with Gasteiger partial charge in [-0.3, -0.25) is 0 Å². The van der Waals surface area contributed by atoms with E-state index in [2.05, 4.69) is 20.4 Å². The smallest absolute Gasteiger partial charge is 0.393 e. The molecular formula is C21H21F3N4O2. The fourth-order valence-electron chi connectivity index (χ4n) is 3.43. The minimum absolute atomic E-state index is 0.235. The molecular weight excluding hydrogens is 397 g/mol. The maximum absolute atomic E-state index is 12.7. The molecule has 0 bridgehead atoms. The summed E-state index contributed by atoms with van der Waals surface area (Å²) in [6.07, 6.45) is -3.17. The van der Waals surface area contributed by atoms with Gasteiger partial charge in [-0.25, -0.2) is 0 Å². The van der Waals surface area contributed by atoms with Gasteiger partial charge in [-0.05, 0) is 37.1 Å². The number of benzene rings is 2. The minimum Gasteiger partial charge on any atom is -0.393 e. The van der Waals surface area contributed by atoms with E-state index in [0.717, 1.165) is 49.4 Å². The second kappa shape index (κ2) is 8.35. The standard InChI is InChI=1S/C21H21F3N4O2/c22-21(23,24)15-7-5-14(6-8-15)20-26-19(30-27-20)13-25-17-3-1-2-4-18(17)28-11-9-16(29)10-12-28/h1-8,16,25,29H,9-13H2. The van der Waals surface area contributed by atoms with E-state index in [1.54, 1.807) is 0 Å². The predicted molar refractivity (Wildman–Crippen MR) is 106 cm³/mol. The average molecular weight is 418 g/mol. The number of piperidine rings is 1. The largest absolute Gasteiger partial charge is 0.416 e. The van der Waals surface area contributed by atoms with Crippen molar-refractivity contribution in [2.24, 2.45) is 0 Å². The lowest BCUT2D eigenvalue weighted by Crippen LogP contribution is -2.36. The van der Waals surface area contributed by atoms with Crippen molar-refractivity contribution >= 4 is 11.4 Å². The molecule has 158 valence electrons. The Balaban J connectivity index is 1.43. The molecule has 0 aliphatic carbocycles. The summed E-state index contributed by atoms with van der Waals surface area (Å²) in [4.78, 5) is 6.49. The molecule has 0 saturated carbocycles. The third-order valence-electron chi connectivity index (χ3n) is 5.08. The zero-order chi connectivity index (χ0) is 21.1. The average Bonchev–Trinajstić information content (AvgIpc) is 3.22. The Labute approximate surface area is 171 Å². The number of nitrogens with one attached hydrogen (secondary N) is 1. The van der Waals surface area contributed by atoms with Gasteiger partial charge in [-0.1, -0.05) is 29.4 Å². The van der Waals surface area contributed by atoms with E-state index in [4.69, 9.17) is 4.52 Å². The van der Waals surface area contributed by atoms with Gasteiger partial charge in [0.05, 0.1) is 29.6 Å². The highest BCUT2D eigenvalue weighted by molar-refractivity contribution is 5.70. The summed E-state index contributed by atoms with van der Waals surface area (Å²) in [5.41, 5.74) is 1.67. The minimum atomic E-state index is -4.38. The van der Waals surface area contributed by atoms with E-state index in [1.807, 2.05) is 24.3 Å². The molecule has 2 N–H and O–H groups in total. The van der Waals surface area contributed by atoms with Gasteiger partial charge in [-0.2, -0.15) is 18.2 Å². The van der Waals surface area contributed by atoms with Crippen LogP contribution in [-0.4, -0.2) is 34.4 Å². The Bertz CT molecular complexity index is 980. The highest BCUT2D eigenvalue weighted by atomic mass is 19.4. The Morgan fingerprint density at radius 3 is 2.47 bits per heavy atom. The summed E-state index contributed by atoms with van der Waals surface area (Å²) < 4.78 is 43.3. The molecule has 2 aromatic carbocycles. The van der Waals surface area contributed by atoms with Crippen LogP contribution in [0.4, 0.5) is 24.5 Å². The summed E-state index contributed by atoms with van der Waals surface area (Å²) in [5.74, 6) is 0.563. The lowest BCUT2D eigenvalue weighted by molar-refractivity contribution is -0.137. The number of aliphatic hydroxyl groups is 1. The van der Waals surface area contributed by atoms with E-state index < -0.39 is 11.7 Å².